The first kappa shape index (κ1) is 15.9. The number of rotatable bonds is 5. The monoisotopic (exact) mass is 308 g/mol. The minimum absolute atomic E-state index is 0.0241. The van der Waals surface area contributed by atoms with Crippen LogP contribution in [0.1, 0.15) is 25.0 Å². The maximum Gasteiger partial charge on any atom is 0.185 e. The Labute approximate surface area is 126 Å². The standard InChI is InChI=1S/C16H17FO3S/c1-10(18)21-9-8-15(19)16(20)13-6-7-14(17)12-5-3-2-4-11(12)13/h2-7,15-16,19-20H,8-9H2,1H3. The normalized spacial score (nSPS) is 14.1. The van der Waals surface area contributed by atoms with Gasteiger partial charge in [0.15, 0.2) is 5.12 Å². The molecule has 0 bridgehead atoms. The molecule has 21 heavy (non-hydrogen) atoms. The van der Waals surface area contributed by atoms with Crippen LogP contribution in [0.25, 0.3) is 10.8 Å². The Morgan fingerprint density at radius 3 is 2.52 bits per heavy atom. The minimum atomic E-state index is -1.11. The van der Waals surface area contributed by atoms with Crippen LogP contribution in [0.15, 0.2) is 36.4 Å². The summed E-state index contributed by atoms with van der Waals surface area (Å²) in [7, 11) is 0. The van der Waals surface area contributed by atoms with Gasteiger partial charge in [-0.05, 0) is 23.4 Å². The van der Waals surface area contributed by atoms with Crippen molar-refractivity contribution in [3.63, 3.8) is 0 Å². The van der Waals surface area contributed by atoms with Crippen molar-refractivity contribution < 1.29 is 19.4 Å². The van der Waals surface area contributed by atoms with Gasteiger partial charge in [0.2, 0.25) is 0 Å². The molecule has 0 heterocycles. The topological polar surface area (TPSA) is 57.5 Å². The van der Waals surface area contributed by atoms with Crippen LogP contribution in [-0.4, -0.2) is 27.2 Å². The van der Waals surface area contributed by atoms with Crippen molar-refractivity contribution >= 4 is 27.6 Å². The maximum absolute atomic E-state index is 13.7. The zero-order valence-electron chi connectivity index (χ0n) is 11.6. The maximum atomic E-state index is 13.7. The van der Waals surface area contributed by atoms with Crippen molar-refractivity contribution in [3.05, 3.63) is 47.8 Å². The summed E-state index contributed by atoms with van der Waals surface area (Å²) in [6, 6.07) is 9.62. The Hall–Kier alpha value is -1.43. The second kappa shape index (κ2) is 7.02. The molecule has 0 radical (unpaired) electrons. The average molecular weight is 308 g/mol. The molecule has 0 saturated heterocycles. The highest BCUT2D eigenvalue weighted by atomic mass is 32.2. The minimum Gasteiger partial charge on any atom is -0.390 e. The summed E-state index contributed by atoms with van der Waals surface area (Å²) < 4.78 is 13.7. The number of thioether (sulfide) groups is 1. The number of aliphatic hydroxyl groups excluding tert-OH is 2. The summed E-state index contributed by atoms with van der Waals surface area (Å²) in [6.45, 7) is 1.46. The lowest BCUT2D eigenvalue weighted by Crippen LogP contribution is -2.19. The molecule has 2 rings (SSSR count). The van der Waals surface area contributed by atoms with Crippen molar-refractivity contribution in [2.45, 2.75) is 25.6 Å². The Bertz CT molecular complexity index is 644. The fourth-order valence-electron chi connectivity index (χ4n) is 2.23. The highest BCUT2D eigenvalue weighted by Gasteiger charge is 2.21. The van der Waals surface area contributed by atoms with E-state index in [1.807, 2.05) is 0 Å². The summed E-state index contributed by atoms with van der Waals surface area (Å²) in [5.74, 6) is 0.0790. The van der Waals surface area contributed by atoms with Crippen molar-refractivity contribution in [2.24, 2.45) is 0 Å². The third-order valence-electron chi connectivity index (χ3n) is 3.31. The molecule has 0 fully saturated rings. The van der Waals surface area contributed by atoms with E-state index in [2.05, 4.69) is 0 Å². The highest BCUT2D eigenvalue weighted by molar-refractivity contribution is 8.13. The summed E-state index contributed by atoms with van der Waals surface area (Å²) in [5.41, 5.74) is 0.493. The molecule has 0 aliphatic heterocycles. The molecule has 2 unspecified atom stereocenters. The number of carbonyl (C=O) groups is 1. The van der Waals surface area contributed by atoms with Crippen molar-refractivity contribution in [1.82, 2.24) is 0 Å². The Morgan fingerprint density at radius 1 is 1.19 bits per heavy atom. The molecule has 2 N–H and O–H groups in total. The van der Waals surface area contributed by atoms with Crippen molar-refractivity contribution in [3.8, 4) is 0 Å². The number of benzene rings is 2. The number of carbonyl (C=O) groups excluding carboxylic acids is 1. The van der Waals surface area contributed by atoms with E-state index in [0.29, 0.717) is 22.1 Å². The van der Waals surface area contributed by atoms with Crippen LogP contribution >= 0.6 is 11.8 Å². The summed E-state index contributed by atoms with van der Waals surface area (Å²) in [4.78, 5) is 10.9. The smallest absolute Gasteiger partial charge is 0.185 e. The van der Waals surface area contributed by atoms with Gasteiger partial charge in [-0.3, -0.25) is 4.79 Å². The van der Waals surface area contributed by atoms with E-state index in [-0.39, 0.29) is 17.4 Å². The van der Waals surface area contributed by atoms with Gasteiger partial charge in [0.25, 0.3) is 0 Å². The van der Waals surface area contributed by atoms with Crippen molar-refractivity contribution in [2.75, 3.05) is 5.75 Å². The first-order chi connectivity index (χ1) is 10.0. The van der Waals surface area contributed by atoms with E-state index < -0.39 is 12.2 Å². The number of halogens is 1. The largest absolute Gasteiger partial charge is 0.390 e. The van der Waals surface area contributed by atoms with Gasteiger partial charge in [-0.1, -0.05) is 42.1 Å². The predicted octanol–water partition coefficient (Wildman–Crippen LogP) is 3.04. The molecule has 112 valence electrons. The van der Waals surface area contributed by atoms with Crippen molar-refractivity contribution in [1.29, 1.82) is 0 Å². The number of hydrogen-bond acceptors (Lipinski definition) is 4. The Kier molecular flexibility index (Phi) is 5.33. The quantitative estimate of drug-likeness (QED) is 0.891. The SMILES string of the molecule is CC(=O)SCCC(O)C(O)c1ccc(F)c2ccccc12. The molecular weight excluding hydrogens is 291 g/mol. The molecular formula is C16H17FO3S. The van der Waals surface area contributed by atoms with Gasteiger partial charge in [-0.25, -0.2) is 4.39 Å². The van der Waals surface area contributed by atoms with E-state index in [0.717, 1.165) is 11.8 Å². The molecule has 5 heteroatoms. The Morgan fingerprint density at radius 2 is 1.86 bits per heavy atom. The Balaban J connectivity index is 2.21. The van der Waals surface area contributed by atoms with Crippen LogP contribution in [0.4, 0.5) is 4.39 Å². The lowest BCUT2D eigenvalue weighted by Gasteiger charge is -2.19. The zero-order valence-corrected chi connectivity index (χ0v) is 12.4. The zero-order chi connectivity index (χ0) is 15.4. The summed E-state index contributed by atoms with van der Waals surface area (Å²) in [6.07, 6.45) is -1.81. The summed E-state index contributed by atoms with van der Waals surface area (Å²) >= 11 is 1.11. The fourth-order valence-corrected chi connectivity index (χ4v) is 2.88. The van der Waals surface area contributed by atoms with Crippen LogP contribution in [0.5, 0.6) is 0 Å². The predicted molar refractivity (Wildman–Crippen MR) is 82.6 cm³/mol. The molecule has 0 amide bonds. The second-order valence-corrected chi connectivity index (χ2v) is 6.09. The molecule has 2 atom stereocenters. The lowest BCUT2D eigenvalue weighted by atomic mass is 9.96. The molecule has 0 saturated carbocycles. The van der Waals surface area contributed by atoms with Gasteiger partial charge in [0.1, 0.15) is 11.9 Å². The van der Waals surface area contributed by atoms with Gasteiger partial charge in [-0.2, -0.15) is 0 Å². The van der Waals surface area contributed by atoms with Crippen LogP contribution in [0.2, 0.25) is 0 Å². The molecule has 2 aromatic rings. The van der Waals surface area contributed by atoms with Crippen LogP contribution in [0, 0.1) is 5.82 Å². The van der Waals surface area contributed by atoms with Gasteiger partial charge < -0.3 is 10.2 Å². The molecule has 0 aliphatic carbocycles. The molecule has 0 aromatic heterocycles. The van der Waals surface area contributed by atoms with Gasteiger partial charge in [0, 0.05) is 18.1 Å². The second-order valence-electron chi connectivity index (χ2n) is 4.82. The molecule has 3 nitrogen and oxygen atoms in total. The van der Waals surface area contributed by atoms with E-state index in [1.54, 1.807) is 24.3 Å². The van der Waals surface area contributed by atoms with E-state index >= 15 is 0 Å². The average Bonchev–Trinajstić information content (AvgIpc) is 2.47. The lowest BCUT2D eigenvalue weighted by molar-refractivity contribution is -0.109. The number of fused-ring (bicyclic) bond motifs is 1. The van der Waals surface area contributed by atoms with Crippen LogP contribution in [-0.2, 0) is 4.79 Å². The fraction of sp³-hybridized carbons (Fsp3) is 0.312. The van der Waals surface area contributed by atoms with E-state index in [1.165, 1.54) is 19.1 Å². The van der Waals surface area contributed by atoms with Gasteiger partial charge in [-0.15, -0.1) is 0 Å². The van der Waals surface area contributed by atoms with E-state index in [9.17, 15) is 19.4 Å². The van der Waals surface area contributed by atoms with Gasteiger partial charge >= 0.3 is 0 Å². The number of hydrogen-bond donors (Lipinski definition) is 2. The number of aliphatic hydroxyl groups is 2. The third-order valence-corrected chi connectivity index (χ3v) is 4.15. The molecule has 0 spiro atoms. The van der Waals surface area contributed by atoms with Crippen LogP contribution in [0.3, 0.4) is 0 Å². The van der Waals surface area contributed by atoms with Gasteiger partial charge in [0.05, 0.1) is 6.10 Å². The highest BCUT2D eigenvalue weighted by Crippen LogP contribution is 2.29. The molecule has 0 aliphatic rings. The van der Waals surface area contributed by atoms with Crippen LogP contribution < -0.4 is 0 Å². The third kappa shape index (κ3) is 3.81. The first-order valence-electron chi connectivity index (χ1n) is 6.67. The molecule has 2 aromatic carbocycles. The first-order valence-corrected chi connectivity index (χ1v) is 7.66. The van der Waals surface area contributed by atoms with E-state index in [4.69, 9.17) is 0 Å². The summed E-state index contributed by atoms with van der Waals surface area (Å²) in [5, 5.41) is 21.3.